The number of nitrogens with one attached hydrogen (secondary N) is 1. The standard InChI is InChI=1S/C16H16N2O5/c1-22-14-6-2-12(3-7-14)10-17-16(19)11-23-15-8-4-13(5-9-15)18(20)21/h2-9H,10-11H2,1H3,(H,17,19). The van der Waals surface area contributed by atoms with Crippen LogP contribution in [0.1, 0.15) is 5.56 Å². The van der Waals surface area contributed by atoms with Gasteiger partial charge in [0, 0.05) is 18.7 Å². The van der Waals surface area contributed by atoms with E-state index in [4.69, 9.17) is 9.47 Å². The van der Waals surface area contributed by atoms with Crippen LogP contribution in [0.25, 0.3) is 0 Å². The predicted molar refractivity (Wildman–Crippen MR) is 83.4 cm³/mol. The number of nitrogens with zero attached hydrogens (tertiary/aromatic N) is 1. The second-order valence-electron chi connectivity index (χ2n) is 4.66. The summed E-state index contributed by atoms with van der Waals surface area (Å²) in [4.78, 5) is 21.8. The van der Waals surface area contributed by atoms with Crippen molar-refractivity contribution in [3.63, 3.8) is 0 Å². The molecule has 0 heterocycles. The molecule has 0 spiro atoms. The number of nitro benzene ring substituents is 1. The van der Waals surface area contributed by atoms with Crippen molar-refractivity contribution in [2.24, 2.45) is 0 Å². The van der Waals surface area contributed by atoms with Gasteiger partial charge in [0.2, 0.25) is 0 Å². The van der Waals surface area contributed by atoms with E-state index in [-0.39, 0.29) is 18.2 Å². The Hall–Kier alpha value is -3.09. The molecule has 0 unspecified atom stereocenters. The number of carbonyl (C=O) groups is 1. The largest absolute Gasteiger partial charge is 0.497 e. The van der Waals surface area contributed by atoms with Gasteiger partial charge >= 0.3 is 0 Å². The van der Waals surface area contributed by atoms with Crippen LogP contribution in [-0.2, 0) is 11.3 Å². The van der Waals surface area contributed by atoms with Crippen LogP contribution in [-0.4, -0.2) is 24.5 Å². The number of methoxy groups -OCH3 is 1. The molecule has 0 aliphatic heterocycles. The molecule has 0 saturated heterocycles. The summed E-state index contributed by atoms with van der Waals surface area (Å²) >= 11 is 0. The van der Waals surface area contributed by atoms with Crippen LogP contribution in [0, 0.1) is 10.1 Å². The Balaban J connectivity index is 1.77. The normalized spacial score (nSPS) is 9.96. The SMILES string of the molecule is COc1ccc(CNC(=O)COc2ccc([N+](=O)[O-])cc2)cc1. The third-order valence-corrected chi connectivity index (χ3v) is 3.07. The van der Waals surface area contributed by atoms with Crippen molar-refractivity contribution in [2.45, 2.75) is 6.54 Å². The lowest BCUT2D eigenvalue weighted by Gasteiger charge is -2.08. The van der Waals surface area contributed by atoms with Gasteiger partial charge in [-0.05, 0) is 29.8 Å². The van der Waals surface area contributed by atoms with Crippen LogP contribution in [0.3, 0.4) is 0 Å². The zero-order chi connectivity index (χ0) is 16.7. The molecule has 0 radical (unpaired) electrons. The van der Waals surface area contributed by atoms with Crippen LogP contribution >= 0.6 is 0 Å². The van der Waals surface area contributed by atoms with Gasteiger partial charge in [-0.1, -0.05) is 12.1 Å². The summed E-state index contributed by atoms with van der Waals surface area (Å²) in [7, 11) is 1.59. The van der Waals surface area contributed by atoms with E-state index < -0.39 is 4.92 Å². The van der Waals surface area contributed by atoms with E-state index in [1.165, 1.54) is 24.3 Å². The lowest BCUT2D eigenvalue weighted by Crippen LogP contribution is -2.28. The first-order valence-electron chi connectivity index (χ1n) is 6.85. The van der Waals surface area contributed by atoms with Crippen molar-refractivity contribution in [2.75, 3.05) is 13.7 Å². The van der Waals surface area contributed by atoms with E-state index in [1.807, 2.05) is 24.3 Å². The highest BCUT2D eigenvalue weighted by atomic mass is 16.6. The number of non-ortho nitro benzene ring substituents is 1. The molecule has 7 heteroatoms. The summed E-state index contributed by atoms with van der Waals surface area (Å²) in [5.41, 5.74) is 0.913. The van der Waals surface area contributed by atoms with Crippen molar-refractivity contribution in [1.29, 1.82) is 0 Å². The molecule has 0 atom stereocenters. The Bertz CT molecular complexity index is 668. The number of carbonyl (C=O) groups excluding carboxylic acids is 1. The lowest BCUT2D eigenvalue weighted by molar-refractivity contribution is -0.384. The molecule has 0 aliphatic rings. The Morgan fingerprint density at radius 3 is 2.26 bits per heavy atom. The molecule has 2 rings (SSSR count). The van der Waals surface area contributed by atoms with Crippen LogP contribution in [0.4, 0.5) is 5.69 Å². The predicted octanol–water partition coefficient (Wildman–Crippen LogP) is 2.30. The molecule has 0 aliphatic carbocycles. The van der Waals surface area contributed by atoms with E-state index >= 15 is 0 Å². The fourth-order valence-electron chi connectivity index (χ4n) is 1.81. The van der Waals surface area contributed by atoms with Crippen LogP contribution in [0.2, 0.25) is 0 Å². The first-order chi connectivity index (χ1) is 11.1. The number of rotatable bonds is 7. The van der Waals surface area contributed by atoms with E-state index in [0.717, 1.165) is 11.3 Å². The average molecular weight is 316 g/mol. The molecule has 0 bridgehead atoms. The minimum Gasteiger partial charge on any atom is -0.497 e. The fraction of sp³-hybridized carbons (Fsp3) is 0.188. The summed E-state index contributed by atoms with van der Waals surface area (Å²) in [6, 6.07) is 12.9. The molecule has 23 heavy (non-hydrogen) atoms. The third kappa shape index (κ3) is 4.99. The Morgan fingerprint density at radius 2 is 1.70 bits per heavy atom. The summed E-state index contributed by atoms with van der Waals surface area (Å²) in [5, 5.41) is 13.3. The monoisotopic (exact) mass is 316 g/mol. The summed E-state index contributed by atoms with van der Waals surface area (Å²) in [6.45, 7) is 0.223. The number of hydrogen-bond donors (Lipinski definition) is 1. The fourth-order valence-corrected chi connectivity index (χ4v) is 1.81. The Labute approximate surface area is 133 Å². The van der Waals surface area contributed by atoms with Crippen molar-refractivity contribution in [1.82, 2.24) is 5.32 Å². The number of nitro groups is 1. The van der Waals surface area contributed by atoms with Crippen LogP contribution < -0.4 is 14.8 Å². The average Bonchev–Trinajstić information content (AvgIpc) is 2.59. The van der Waals surface area contributed by atoms with Crippen molar-refractivity contribution >= 4 is 11.6 Å². The zero-order valence-electron chi connectivity index (χ0n) is 12.5. The molecule has 0 fully saturated rings. The van der Waals surface area contributed by atoms with Crippen molar-refractivity contribution < 1.29 is 19.2 Å². The quantitative estimate of drug-likeness (QED) is 0.625. The summed E-state index contributed by atoms with van der Waals surface area (Å²) in [6.07, 6.45) is 0. The molecule has 2 aromatic carbocycles. The second-order valence-corrected chi connectivity index (χ2v) is 4.66. The van der Waals surface area contributed by atoms with E-state index in [0.29, 0.717) is 12.3 Å². The number of benzene rings is 2. The van der Waals surface area contributed by atoms with Crippen LogP contribution in [0.15, 0.2) is 48.5 Å². The highest BCUT2D eigenvalue weighted by molar-refractivity contribution is 5.77. The van der Waals surface area contributed by atoms with Gasteiger partial charge < -0.3 is 14.8 Å². The summed E-state index contributed by atoms with van der Waals surface area (Å²) in [5.74, 6) is 0.871. The van der Waals surface area contributed by atoms with E-state index in [1.54, 1.807) is 7.11 Å². The Kier molecular flexibility index (Phi) is 5.51. The second kappa shape index (κ2) is 7.79. The van der Waals surface area contributed by atoms with Gasteiger partial charge in [0.05, 0.1) is 12.0 Å². The smallest absolute Gasteiger partial charge is 0.269 e. The van der Waals surface area contributed by atoms with Gasteiger partial charge in [0.15, 0.2) is 6.61 Å². The molecule has 1 amide bonds. The minimum absolute atomic E-state index is 0.0266. The van der Waals surface area contributed by atoms with Crippen molar-refractivity contribution in [3.8, 4) is 11.5 Å². The summed E-state index contributed by atoms with van der Waals surface area (Å²) < 4.78 is 10.3. The maximum atomic E-state index is 11.7. The van der Waals surface area contributed by atoms with Crippen molar-refractivity contribution in [3.05, 3.63) is 64.2 Å². The number of hydrogen-bond acceptors (Lipinski definition) is 5. The van der Waals surface area contributed by atoms with Gasteiger partial charge in [-0.15, -0.1) is 0 Å². The highest BCUT2D eigenvalue weighted by Crippen LogP contribution is 2.17. The van der Waals surface area contributed by atoms with E-state index in [2.05, 4.69) is 5.32 Å². The lowest BCUT2D eigenvalue weighted by atomic mass is 10.2. The number of ether oxygens (including phenoxy) is 2. The molecule has 0 aromatic heterocycles. The molecule has 120 valence electrons. The molecular formula is C16H16N2O5. The van der Waals surface area contributed by atoms with Gasteiger partial charge in [-0.2, -0.15) is 0 Å². The van der Waals surface area contributed by atoms with Crippen LogP contribution in [0.5, 0.6) is 11.5 Å². The molecular weight excluding hydrogens is 300 g/mol. The first kappa shape index (κ1) is 16.3. The topological polar surface area (TPSA) is 90.7 Å². The third-order valence-electron chi connectivity index (χ3n) is 3.07. The molecule has 0 saturated carbocycles. The first-order valence-corrected chi connectivity index (χ1v) is 6.85. The molecule has 1 N–H and O–H groups in total. The zero-order valence-corrected chi connectivity index (χ0v) is 12.5. The highest BCUT2D eigenvalue weighted by Gasteiger charge is 2.06. The van der Waals surface area contributed by atoms with E-state index in [9.17, 15) is 14.9 Å². The van der Waals surface area contributed by atoms with Gasteiger partial charge in [-0.25, -0.2) is 0 Å². The minimum atomic E-state index is -0.495. The van der Waals surface area contributed by atoms with Gasteiger partial charge in [-0.3, -0.25) is 14.9 Å². The van der Waals surface area contributed by atoms with Gasteiger partial charge in [0.1, 0.15) is 11.5 Å². The maximum Gasteiger partial charge on any atom is 0.269 e. The Morgan fingerprint density at radius 1 is 1.09 bits per heavy atom. The maximum absolute atomic E-state index is 11.7. The number of amides is 1. The molecule has 7 nitrogen and oxygen atoms in total. The van der Waals surface area contributed by atoms with Gasteiger partial charge in [0.25, 0.3) is 11.6 Å². The molecule has 2 aromatic rings.